The summed E-state index contributed by atoms with van der Waals surface area (Å²) >= 11 is 1.76. The molecule has 2 heterocycles. The Morgan fingerprint density at radius 2 is 2.16 bits per heavy atom. The molecule has 0 aromatic carbocycles. The minimum absolute atomic E-state index is 0.621. The predicted molar refractivity (Wildman–Crippen MR) is 81.4 cm³/mol. The molecular formula is C15H21N3S. The minimum Gasteiger partial charge on any atom is -0.315 e. The molecule has 2 aromatic heterocycles. The third-order valence-corrected chi connectivity index (χ3v) is 4.03. The molecule has 0 atom stereocenters. The van der Waals surface area contributed by atoms with E-state index in [9.17, 15) is 0 Å². The number of nitrogens with zero attached hydrogens (tertiary/aromatic N) is 2. The summed E-state index contributed by atoms with van der Waals surface area (Å²) in [5, 5.41) is 4.27. The third kappa shape index (κ3) is 3.39. The van der Waals surface area contributed by atoms with Gasteiger partial charge in [-0.2, -0.15) is 0 Å². The Morgan fingerprint density at radius 3 is 2.79 bits per heavy atom. The van der Waals surface area contributed by atoms with Crippen LogP contribution in [-0.2, 0) is 13.0 Å². The molecule has 0 spiro atoms. The van der Waals surface area contributed by atoms with Crippen molar-refractivity contribution in [3.8, 4) is 10.7 Å². The van der Waals surface area contributed by atoms with E-state index < -0.39 is 0 Å². The van der Waals surface area contributed by atoms with Crippen molar-refractivity contribution >= 4 is 11.3 Å². The molecule has 0 aliphatic rings. The van der Waals surface area contributed by atoms with Gasteiger partial charge < -0.3 is 5.32 Å². The van der Waals surface area contributed by atoms with E-state index in [4.69, 9.17) is 4.98 Å². The monoisotopic (exact) mass is 275 g/mol. The van der Waals surface area contributed by atoms with E-state index in [-0.39, 0.29) is 0 Å². The van der Waals surface area contributed by atoms with Crippen LogP contribution in [0.25, 0.3) is 10.7 Å². The summed E-state index contributed by atoms with van der Waals surface area (Å²) in [6.45, 7) is 7.43. The van der Waals surface area contributed by atoms with Crippen molar-refractivity contribution in [1.82, 2.24) is 15.3 Å². The van der Waals surface area contributed by atoms with Crippen LogP contribution >= 0.6 is 11.3 Å². The molecular weight excluding hydrogens is 254 g/mol. The molecule has 1 N–H and O–H groups in total. The maximum absolute atomic E-state index is 4.82. The summed E-state index contributed by atoms with van der Waals surface area (Å²) in [6.07, 6.45) is 2.86. The quantitative estimate of drug-likeness (QED) is 0.908. The van der Waals surface area contributed by atoms with Gasteiger partial charge in [-0.15, -0.1) is 11.3 Å². The van der Waals surface area contributed by atoms with Crippen LogP contribution in [0.15, 0.2) is 18.3 Å². The molecule has 0 unspecified atom stereocenters. The molecule has 0 aliphatic carbocycles. The van der Waals surface area contributed by atoms with E-state index in [2.05, 4.69) is 37.1 Å². The highest BCUT2D eigenvalue weighted by molar-refractivity contribution is 7.15. The molecule has 2 rings (SSSR count). The Hall–Kier alpha value is -1.26. The maximum Gasteiger partial charge on any atom is 0.142 e. The van der Waals surface area contributed by atoms with E-state index in [1.165, 1.54) is 16.1 Å². The van der Waals surface area contributed by atoms with Crippen LogP contribution in [0, 0.1) is 12.8 Å². The number of pyridine rings is 1. The maximum atomic E-state index is 4.82. The highest BCUT2D eigenvalue weighted by atomic mass is 32.1. The summed E-state index contributed by atoms with van der Waals surface area (Å²) in [6, 6.07) is 4.06. The van der Waals surface area contributed by atoms with Gasteiger partial charge in [-0.25, -0.2) is 4.98 Å². The fraction of sp³-hybridized carbons (Fsp3) is 0.467. The van der Waals surface area contributed by atoms with Crippen LogP contribution in [0.2, 0.25) is 0 Å². The van der Waals surface area contributed by atoms with Gasteiger partial charge in [-0.1, -0.05) is 19.9 Å². The molecule has 3 nitrogen and oxygen atoms in total. The molecule has 19 heavy (non-hydrogen) atoms. The topological polar surface area (TPSA) is 37.8 Å². The second-order valence-electron chi connectivity index (χ2n) is 5.19. The molecule has 0 bridgehead atoms. The van der Waals surface area contributed by atoms with Crippen molar-refractivity contribution in [2.24, 2.45) is 5.92 Å². The lowest BCUT2D eigenvalue weighted by Crippen LogP contribution is -2.07. The normalized spacial score (nSPS) is 11.2. The lowest BCUT2D eigenvalue weighted by Gasteiger charge is -2.03. The molecule has 4 heteroatoms. The van der Waals surface area contributed by atoms with E-state index in [1.807, 2.05) is 19.3 Å². The van der Waals surface area contributed by atoms with Crippen LogP contribution in [0.4, 0.5) is 0 Å². The van der Waals surface area contributed by atoms with Gasteiger partial charge in [0.15, 0.2) is 0 Å². The number of hydrogen-bond donors (Lipinski definition) is 1. The van der Waals surface area contributed by atoms with Gasteiger partial charge in [0.05, 0.1) is 5.69 Å². The molecule has 0 fully saturated rings. The second kappa shape index (κ2) is 6.26. The summed E-state index contributed by atoms with van der Waals surface area (Å²) in [4.78, 5) is 10.6. The fourth-order valence-electron chi connectivity index (χ4n) is 2.04. The van der Waals surface area contributed by atoms with E-state index >= 15 is 0 Å². The Morgan fingerprint density at radius 1 is 1.37 bits per heavy atom. The van der Waals surface area contributed by atoms with Crippen molar-refractivity contribution in [2.45, 2.75) is 33.7 Å². The van der Waals surface area contributed by atoms with Crippen molar-refractivity contribution < 1.29 is 0 Å². The van der Waals surface area contributed by atoms with Crippen molar-refractivity contribution in [1.29, 1.82) is 0 Å². The summed E-state index contributed by atoms with van der Waals surface area (Å²) in [5.41, 5.74) is 3.41. The average Bonchev–Trinajstić information content (AvgIpc) is 2.72. The predicted octanol–water partition coefficient (Wildman–Crippen LogP) is 3.43. The average molecular weight is 275 g/mol. The Balaban J connectivity index is 2.39. The zero-order valence-corrected chi connectivity index (χ0v) is 12.8. The van der Waals surface area contributed by atoms with Crippen molar-refractivity contribution in [3.05, 3.63) is 34.5 Å². The van der Waals surface area contributed by atoms with Crippen LogP contribution in [0.1, 0.15) is 30.0 Å². The van der Waals surface area contributed by atoms with Gasteiger partial charge in [0, 0.05) is 17.6 Å². The lowest BCUT2D eigenvalue weighted by atomic mass is 10.1. The van der Waals surface area contributed by atoms with Gasteiger partial charge in [-0.05, 0) is 37.9 Å². The largest absolute Gasteiger partial charge is 0.315 e. The first-order valence-corrected chi connectivity index (χ1v) is 7.48. The first-order chi connectivity index (χ1) is 9.11. The van der Waals surface area contributed by atoms with Crippen molar-refractivity contribution in [2.75, 3.05) is 7.05 Å². The summed E-state index contributed by atoms with van der Waals surface area (Å²) in [7, 11) is 1.98. The smallest absolute Gasteiger partial charge is 0.142 e. The number of rotatable bonds is 5. The molecule has 0 saturated heterocycles. The van der Waals surface area contributed by atoms with Gasteiger partial charge >= 0.3 is 0 Å². The number of thiazole rings is 1. The second-order valence-corrected chi connectivity index (χ2v) is 6.27. The van der Waals surface area contributed by atoms with Gasteiger partial charge in [0.25, 0.3) is 0 Å². The van der Waals surface area contributed by atoms with Gasteiger partial charge in [-0.3, -0.25) is 4.98 Å². The standard InChI is InChI=1S/C15H21N3S/c1-10(2)8-12-13(9-16-4)19-15(18-12)14-11(3)6-5-7-17-14/h5-7,10,16H,8-9H2,1-4H3. The highest BCUT2D eigenvalue weighted by Crippen LogP contribution is 2.29. The van der Waals surface area contributed by atoms with E-state index in [0.717, 1.165) is 23.7 Å². The van der Waals surface area contributed by atoms with E-state index in [0.29, 0.717) is 5.92 Å². The molecule has 0 aliphatic heterocycles. The first-order valence-electron chi connectivity index (χ1n) is 6.67. The third-order valence-electron chi connectivity index (χ3n) is 2.93. The highest BCUT2D eigenvalue weighted by Gasteiger charge is 2.15. The zero-order valence-electron chi connectivity index (χ0n) is 12.0. The number of nitrogens with one attached hydrogen (secondary N) is 1. The van der Waals surface area contributed by atoms with Crippen LogP contribution in [0.5, 0.6) is 0 Å². The summed E-state index contributed by atoms with van der Waals surface area (Å²) < 4.78 is 0. The Kier molecular flexibility index (Phi) is 4.66. The Labute approximate surface area is 119 Å². The van der Waals surface area contributed by atoms with Crippen LogP contribution in [0.3, 0.4) is 0 Å². The van der Waals surface area contributed by atoms with Crippen LogP contribution < -0.4 is 5.32 Å². The van der Waals surface area contributed by atoms with Crippen LogP contribution in [-0.4, -0.2) is 17.0 Å². The number of hydrogen-bond acceptors (Lipinski definition) is 4. The first kappa shape index (κ1) is 14.2. The van der Waals surface area contributed by atoms with E-state index in [1.54, 1.807) is 11.3 Å². The molecule has 0 amide bonds. The SMILES string of the molecule is CNCc1sc(-c2ncccc2C)nc1CC(C)C. The summed E-state index contributed by atoms with van der Waals surface area (Å²) in [5.74, 6) is 0.621. The fourth-order valence-corrected chi connectivity index (χ4v) is 3.20. The zero-order chi connectivity index (χ0) is 13.8. The number of aromatic nitrogens is 2. The van der Waals surface area contributed by atoms with Gasteiger partial charge in [0.2, 0.25) is 0 Å². The molecule has 0 saturated carbocycles. The lowest BCUT2D eigenvalue weighted by molar-refractivity contribution is 0.631. The van der Waals surface area contributed by atoms with Crippen molar-refractivity contribution in [3.63, 3.8) is 0 Å². The minimum atomic E-state index is 0.621. The molecule has 0 radical (unpaired) electrons. The Bertz CT molecular complexity index is 546. The molecule has 102 valence electrons. The molecule has 2 aromatic rings. The number of aryl methyl sites for hydroxylation is 1. The van der Waals surface area contributed by atoms with Gasteiger partial charge in [0.1, 0.15) is 10.7 Å².